The molecule has 0 unspecified atom stereocenters. The third-order valence-electron chi connectivity index (χ3n) is 1.39. The topological polar surface area (TPSA) is 59.4 Å². The Bertz CT molecular complexity index is 290. The lowest BCUT2D eigenvalue weighted by Gasteiger charge is -2.01. The molecule has 1 rings (SSSR count). The number of ether oxygens (including phenoxy) is 1. The number of rotatable bonds is 3. The van der Waals surface area contributed by atoms with E-state index >= 15 is 0 Å². The maximum Gasteiger partial charge on any atom is 0.354 e. The lowest BCUT2D eigenvalue weighted by molar-refractivity contribution is 0.0685. The highest BCUT2D eigenvalue weighted by Crippen LogP contribution is 2.05. The molecule has 0 spiro atoms. The van der Waals surface area contributed by atoms with Gasteiger partial charge < -0.3 is 9.84 Å². The van der Waals surface area contributed by atoms with E-state index in [1.807, 2.05) is 0 Å². The molecular formula is C8H10ClNO3. The normalized spacial score (nSPS) is 9.00. The Hall–Kier alpha value is -1.13. The van der Waals surface area contributed by atoms with Crippen LogP contribution in [0.5, 0.6) is 0 Å². The van der Waals surface area contributed by atoms with Crippen LogP contribution in [0, 0.1) is 0 Å². The number of aromatic carboxylic acids is 1. The molecule has 0 amide bonds. The van der Waals surface area contributed by atoms with Crippen molar-refractivity contribution >= 4 is 18.4 Å². The first kappa shape index (κ1) is 11.9. The lowest BCUT2D eigenvalue weighted by atomic mass is 10.2. The number of pyridine rings is 1. The minimum atomic E-state index is -1.03. The minimum absolute atomic E-state index is 0. The largest absolute Gasteiger partial charge is 0.477 e. The van der Waals surface area contributed by atoms with Gasteiger partial charge in [-0.3, -0.25) is 0 Å². The highest BCUT2D eigenvalue weighted by atomic mass is 35.5. The third kappa shape index (κ3) is 3.01. The van der Waals surface area contributed by atoms with Gasteiger partial charge in [0.2, 0.25) is 0 Å². The third-order valence-corrected chi connectivity index (χ3v) is 1.39. The van der Waals surface area contributed by atoms with E-state index in [4.69, 9.17) is 9.84 Å². The monoisotopic (exact) mass is 203 g/mol. The van der Waals surface area contributed by atoms with Gasteiger partial charge in [-0.1, -0.05) is 6.07 Å². The average Bonchev–Trinajstić information content (AvgIpc) is 2.05. The van der Waals surface area contributed by atoms with Crippen molar-refractivity contribution in [2.75, 3.05) is 7.11 Å². The van der Waals surface area contributed by atoms with Gasteiger partial charge in [-0.05, 0) is 6.07 Å². The fraction of sp³-hybridized carbons (Fsp3) is 0.250. The molecule has 0 aliphatic heterocycles. The summed E-state index contributed by atoms with van der Waals surface area (Å²) in [5, 5.41) is 8.67. The van der Waals surface area contributed by atoms with E-state index in [-0.39, 0.29) is 24.7 Å². The smallest absolute Gasteiger partial charge is 0.354 e. The molecule has 13 heavy (non-hydrogen) atoms. The standard InChI is InChI=1S/C8H9NO3.ClH/c1-12-5-6-3-2-4-9-7(6)8(10)11;/h2-4H,5H2,1H3,(H,10,11);1H. The number of hydrogen-bond acceptors (Lipinski definition) is 3. The van der Waals surface area contributed by atoms with Crippen LogP contribution in [-0.2, 0) is 11.3 Å². The molecule has 0 bridgehead atoms. The molecule has 5 heteroatoms. The number of methoxy groups -OCH3 is 1. The van der Waals surface area contributed by atoms with Crippen LogP contribution in [-0.4, -0.2) is 23.2 Å². The molecule has 1 aromatic rings. The molecule has 1 aromatic heterocycles. The van der Waals surface area contributed by atoms with Gasteiger partial charge in [0.15, 0.2) is 5.69 Å². The molecule has 4 nitrogen and oxygen atoms in total. The van der Waals surface area contributed by atoms with Crippen LogP contribution >= 0.6 is 12.4 Å². The number of hydrogen-bond donors (Lipinski definition) is 1. The first-order valence-corrected chi connectivity index (χ1v) is 3.42. The predicted molar refractivity (Wildman–Crippen MR) is 49.2 cm³/mol. The molecule has 1 N–H and O–H groups in total. The summed E-state index contributed by atoms with van der Waals surface area (Å²) in [7, 11) is 1.51. The summed E-state index contributed by atoms with van der Waals surface area (Å²) in [6, 6.07) is 3.36. The van der Waals surface area contributed by atoms with Crippen LogP contribution in [0.1, 0.15) is 16.1 Å². The Morgan fingerprint density at radius 2 is 2.38 bits per heavy atom. The van der Waals surface area contributed by atoms with E-state index in [0.717, 1.165) is 0 Å². The van der Waals surface area contributed by atoms with Gasteiger partial charge in [0.05, 0.1) is 6.61 Å². The molecule has 0 aliphatic rings. The van der Waals surface area contributed by atoms with Gasteiger partial charge in [0.1, 0.15) is 0 Å². The molecule has 0 saturated carbocycles. The van der Waals surface area contributed by atoms with Crippen molar-refractivity contribution in [2.45, 2.75) is 6.61 Å². The summed E-state index contributed by atoms with van der Waals surface area (Å²) in [6.45, 7) is 0.273. The lowest BCUT2D eigenvalue weighted by Crippen LogP contribution is -2.05. The fourth-order valence-corrected chi connectivity index (χ4v) is 0.903. The Balaban J connectivity index is 0.00000144. The maximum absolute atomic E-state index is 10.6. The first-order chi connectivity index (χ1) is 5.75. The maximum atomic E-state index is 10.6. The SMILES string of the molecule is COCc1cccnc1C(=O)O.Cl. The van der Waals surface area contributed by atoms with Crippen LogP contribution < -0.4 is 0 Å². The zero-order valence-electron chi connectivity index (χ0n) is 7.06. The van der Waals surface area contributed by atoms with Crippen molar-refractivity contribution in [2.24, 2.45) is 0 Å². The fourth-order valence-electron chi connectivity index (χ4n) is 0.903. The van der Waals surface area contributed by atoms with Crippen molar-refractivity contribution in [1.29, 1.82) is 0 Å². The average molecular weight is 204 g/mol. The van der Waals surface area contributed by atoms with Crippen LogP contribution in [0.25, 0.3) is 0 Å². The van der Waals surface area contributed by atoms with Gasteiger partial charge in [0.25, 0.3) is 0 Å². The summed E-state index contributed by atoms with van der Waals surface area (Å²) in [6.07, 6.45) is 1.45. The summed E-state index contributed by atoms with van der Waals surface area (Å²) < 4.78 is 4.82. The second-order valence-electron chi connectivity index (χ2n) is 2.25. The molecule has 72 valence electrons. The summed E-state index contributed by atoms with van der Waals surface area (Å²) >= 11 is 0. The van der Waals surface area contributed by atoms with Crippen molar-refractivity contribution in [1.82, 2.24) is 4.98 Å². The van der Waals surface area contributed by atoms with E-state index in [2.05, 4.69) is 4.98 Å². The number of carbonyl (C=O) groups is 1. The van der Waals surface area contributed by atoms with Gasteiger partial charge in [-0.25, -0.2) is 9.78 Å². The van der Waals surface area contributed by atoms with Gasteiger partial charge in [-0.2, -0.15) is 0 Å². The van der Waals surface area contributed by atoms with Gasteiger partial charge >= 0.3 is 5.97 Å². The van der Waals surface area contributed by atoms with Crippen molar-refractivity contribution in [3.05, 3.63) is 29.6 Å². The van der Waals surface area contributed by atoms with E-state index in [0.29, 0.717) is 5.56 Å². The summed E-state index contributed by atoms with van der Waals surface area (Å²) in [5.74, 6) is -1.03. The van der Waals surface area contributed by atoms with Gasteiger partial charge in [-0.15, -0.1) is 12.4 Å². The Morgan fingerprint density at radius 3 is 2.92 bits per heavy atom. The number of carboxylic acids is 1. The van der Waals surface area contributed by atoms with E-state index in [9.17, 15) is 4.79 Å². The number of halogens is 1. The molecule has 0 saturated heterocycles. The van der Waals surface area contributed by atoms with Crippen molar-refractivity contribution in [3.63, 3.8) is 0 Å². The zero-order chi connectivity index (χ0) is 8.97. The van der Waals surface area contributed by atoms with Crippen LogP contribution in [0.15, 0.2) is 18.3 Å². The second-order valence-corrected chi connectivity index (χ2v) is 2.25. The zero-order valence-corrected chi connectivity index (χ0v) is 7.87. The minimum Gasteiger partial charge on any atom is -0.477 e. The van der Waals surface area contributed by atoms with E-state index in [1.54, 1.807) is 12.1 Å². The van der Waals surface area contributed by atoms with Gasteiger partial charge in [0, 0.05) is 18.9 Å². The van der Waals surface area contributed by atoms with Crippen LogP contribution in [0.3, 0.4) is 0 Å². The number of aromatic nitrogens is 1. The van der Waals surface area contributed by atoms with Crippen molar-refractivity contribution in [3.8, 4) is 0 Å². The highest BCUT2D eigenvalue weighted by Gasteiger charge is 2.09. The van der Waals surface area contributed by atoms with Crippen LogP contribution in [0.2, 0.25) is 0 Å². The van der Waals surface area contributed by atoms with E-state index in [1.165, 1.54) is 13.3 Å². The summed E-state index contributed by atoms with van der Waals surface area (Å²) in [5.41, 5.74) is 0.645. The van der Waals surface area contributed by atoms with Crippen LogP contribution in [0.4, 0.5) is 0 Å². The number of carboxylic acid groups (broad SMARTS) is 1. The predicted octanol–water partition coefficient (Wildman–Crippen LogP) is 1.35. The highest BCUT2D eigenvalue weighted by molar-refractivity contribution is 5.86. The molecule has 0 fully saturated rings. The molecule has 0 atom stereocenters. The van der Waals surface area contributed by atoms with E-state index < -0.39 is 5.97 Å². The Kier molecular flexibility index (Phi) is 5.03. The second kappa shape index (κ2) is 5.50. The first-order valence-electron chi connectivity index (χ1n) is 3.42. The molecule has 1 heterocycles. The molecule has 0 aliphatic carbocycles. The number of nitrogens with zero attached hydrogens (tertiary/aromatic N) is 1. The molecule has 0 radical (unpaired) electrons. The molecule has 0 aromatic carbocycles. The Labute approximate surface area is 82.0 Å². The summed E-state index contributed by atoms with van der Waals surface area (Å²) in [4.78, 5) is 14.3. The molecular weight excluding hydrogens is 194 g/mol. The quantitative estimate of drug-likeness (QED) is 0.806. The Morgan fingerprint density at radius 1 is 1.69 bits per heavy atom. The van der Waals surface area contributed by atoms with Crippen molar-refractivity contribution < 1.29 is 14.6 Å².